The van der Waals surface area contributed by atoms with Crippen LogP contribution in [0.4, 0.5) is 5.69 Å². The van der Waals surface area contributed by atoms with E-state index in [4.69, 9.17) is 0 Å². The first-order valence-electron chi connectivity index (χ1n) is 8.32. The van der Waals surface area contributed by atoms with Crippen molar-refractivity contribution in [3.8, 4) is 0 Å². The van der Waals surface area contributed by atoms with Crippen molar-refractivity contribution in [3.05, 3.63) is 47.3 Å². The number of hydrogen-bond donors (Lipinski definition) is 1. The lowest BCUT2D eigenvalue weighted by Crippen LogP contribution is -2.48. The van der Waals surface area contributed by atoms with Crippen LogP contribution in [-0.2, 0) is 6.42 Å². The summed E-state index contributed by atoms with van der Waals surface area (Å²) < 4.78 is 0. The van der Waals surface area contributed by atoms with Crippen molar-refractivity contribution in [2.45, 2.75) is 26.7 Å². The number of benzene rings is 1. The maximum absolute atomic E-state index is 12.5. The Labute approximate surface area is 137 Å². The van der Waals surface area contributed by atoms with Crippen LogP contribution in [0.5, 0.6) is 0 Å². The summed E-state index contributed by atoms with van der Waals surface area (Å²) in [5.41, 5.74) is 4.08. The number of aryl methyl sites for hydroxylation is 2. The number of aromatic nitrogens is 2. The Morgan fingerprint density at radius 2 is 2.00 bits per heavy atom. The maximum atomic E-state index is 12.5. The molecule has 1 fully saturated rings. The zero-order valence-electron chi connectivity index (χ0n) is 13.9. The van der Waals surface area contributed by atoms with E-state index in [1.54, 1.807) is 0 Å². The Morgan fingerprint density at radius 1 is 1.22 bits per heavy atom. The van der Waals surface area contributed by atoms with E-state index in [9.17, 15) is 4.79 Å². The standard InChI is InChI=1S/C18H24N4O/c1-3-5-15-13-17(20-19-15)18(23)22-10-8-21(9-11-22)16-7-4-6-14(2)12-16/h4,6-7,12-13H,3,5,8-11H2,1-2H3,(H,19,20). The maximum Gasteiger partial charge on any atom is 0.274 e. The van der Waals surface area contributed by atoms with Crippen molar-refractivity contribution in [2.75, 3.05) is 31.1 Å². The van der Waals surface area contributed by atoms with Crippen molar-refractivity contribution < 1.29 is 4.79 Å². The van der Waals surface area contributed by atoms with E-state index in [1.807, 2.05) is 11.0 Å². The third kappa shape index (κ3) is 3.55. The van der Waals surface area contributed by atoms with E-state index < -0.39 is 0 Å². The first-order valence-corrected chi connectivity index (χ1v) is 8.32. The van der Waals surface area contributed by atoms with Gasteiger partial charge in [0.2, 0.25) is 0 Å². The van der Waals surface area contributed by atoms with Gasteiger partial charge in [-0.25, -0.2) is 0 Å². The lowest BCUT2D eigenvalue weighted by Gasteiger charge is -2.36. The van der Waals surface area contributed by atoms with E-state index in [0.29, 0.717) is 5.69 Å². The first kappa shape index (κ1) is 15.6. The predicted molar refractivity (Wildman–Crippen MR) is 91.9 cm³/mol. The second kappa shape index (κ2) is 6.86. The molecule has 0 spiro atoms. The fourth-order valence-electron chi connectivity index (χ4n) is 3.02. The minimum atomic E-state index is 0.0347. The van der Waals surface area contributed by atoms with Crippen LogP contribution in [0, 0.1) is 6.92 Å². The molecule has 0 atom stereocenters. The molecule has 122 valence electrons. The predicted octanol–water partition coefficient (Wildman–Crippen LogP) is 2.63. The Hall–Kier alpha value is -2.30. The number of anilines is 1. The van der Waals surface area contributed by atoms with Crippen LogP contribution in [0.3, 0.4) is 0 Å². The molecule has 0 aliphatic carbocycles. The average Bonchev–Trinajstić information content (AvgIpc) is 3.03. The molecule has 2 heterocycles. The number of piperazine rings is 1. The Kier molecular flexibility index (Phi) is 4.65. The molecule has 1 aromatic heterocycles. The van der Waals surface area contributed by atoms with Gasteiger partial charge in [-0.1, -0.05) is 25.5 Å². The van der Waals surface area contributed by atoms with E-state index in [-0.39, 0.29) is 5.91 Å². The molecule has 5 heteroatoms. The highest BCUT2D eigenvalue weighted by Crippen LogP contribution is 2.18. The molecule has 0 radical (unpaired) electrons. The Balaban J connectivity index is 1.60. The number of nitrogens with one attached hydrogen (secondary N) is 1. The smallest absolute Gasteiger partial charge is 0.274 e. The van der Waals surface area contributed by atoms with E-state index >= 15 is 0 Å². The van der Waals surface area contributed by atoms with Gasteiger partial charge in [-0.3, -0.25) is 9.89 Å². The summed E-state index contributed by atoms with van der Waals surface area (Å²) in [6.07, 6.45) is 1.98. The lowest BCUT2D eigenvalue weighted by molar-refractivity contribution is 0.0741. The number of hydrogen-bond acceptors (Lipinski definition) is 3. The molecule has 23 heavy (non-hydrogen) atoms. The molecule has 1 aliphatic rings. The van der Waals surface area contributed by atoms with Crippen molar-refractivity contribution in [1.29, 1.82) is 0 Å². The lowest BCUT2D eigenvalue weighted by atomic mass is 10.2. The number of H-pyrrole nitrogens is 1. The Bertz CT molecular complexity index is 671. The van der Waals surface area contributed by atoms with Gasteiger partial charge in [0.1, 0.15) is 5.69 Å². The zero-order chi connectivity index (χ0) is 16.2. The van der Waals surface area contributed by atoms with Crippen LogP contribution in [0.2, 0.25) is 0 Å². The highest BCUT2D eigenvalue weighted by molar-refractivity contribution is 5.92. The quantitative estimate of drug-likeness (QED) is 0.944. The minimum Gasteiger partial charge on any atom is -0.368 e. The molecule has 2 aromatic rings. The van der Waals surface area contributed by atoms with Crippen molar-refractivity contribution in [3.63, 3.8) is 0 Å². The SMILES string of the molecule is CCCc1cc(C(=O)N2CCN(c3cccc(C)c3)CC2)n[nH]1. The molecule has 1 saturated heterocycles. The molecule has 1 aromatic carbocycles. The number of carbonyl (C=O) groups excluding carboxylic acids is 1. The molecule has 3 rings (SSSR count). The zero-order valence-corrected chi connectivity index (χ0v) is 13.9. The van der Waals surface area contributed by atoms with Crippen LogP contribution < -0.4 is 4.90 Å². The van der Waals surface area contributed by atoms with Crippen molar-refractivity contribution in [1.82, 2.24) is 15.1 Å². The fraction of sp³-hybridized carbons (Fsp3) is 0.444. The van der Waals surface area contributed by atoms with Crippen molar-refractivity contribution in [2.24, 2.45) is 0 Å². The summed E-state index contributed by atoms with van der Waals surface area (Å²) in [7, 11) is 0. The van der Waals surface area contributed by atoms with Crippen LogP contribution in [-0.4, -0.2) is 47.2 Å². The largest absolute Gasteiger partial charge is 0.368 e. The summed E-state index contributed by atoms with van der Waals surface area (Å²) in [5, 5.41) is 7.13. The monoisotopic (exact) mass is 312 g/mol. The van der Waals surface area contributed by atoms with Gasteiger partial charge in [-0.05, 0) is 37.1 Å². The summed E-state index contributed by atoms with van der Waals surface area (Å²) in [6.45, 7) is 7.43. The fourth-order valence-corrected chi connectivity index (χ4v) is 3.02. The summed E-state index contributed by atoms with van der Waals surface area (Å²) in [5.74, 6) is 0.0347. The molecular formula is C18H24N4O. The summed E-state index contributed by atoms with van der Waals surface area (Å²) >= 11 is 0. The van der Waals surface area contributed by atoms with Crippen LogP contribution in [0.1, 0.15) is 35.1 Å². The number of aromatic amines is 1. The van der Waals surface area contributed by atoms with Gasteiger partial charge in [-0.15, -0.1) is 0 Å². The molecular weight excluding hydrogens is 288 g/mol. The third-order valence-electron chi connectivity index (χ3n) is 4.30. The molecule has 0 saturated carbocycles. The van der Waals surface area contributed by atoms with Gasteiger partial charge in [0, 0.05) is 37.6 Å². The molecule has 0 unspecified atom stereocenters. The molecule has 1 N–H and O–H groups in total. The molecule has 1 aliphatic heterocycles. The molecule has 1 amide bonds. The van der Waals surface area contributed by atoms with Crippen LogP contribution in [0.25, 0.3) is 0 Å². The van der Waals surface area contributed by atoms with Gasteiger partial charge >= 0.3 is 0 Å². The highest BCUT2D eigenvalue weighted by Gasteiger charge is 2.23. The van der Waals surface area contributed by atoms with Gasteiger partial charge in [-0.2, -0.15) is 5.10 Å². The van der Waals surface area contributed by atoms with Crippen LogP contribution in [0.15, 0.2) is 30.3 Å². The average molecular weight is 312 g/mol. The minimum absolute atomic E-state index is 0.0347. The topological polar surface area (TPSA) is 52.2 Å². The number of rotatable bonds is 4. The van der Waals surface area contributed by atoms with Gasteiger partial charge in [0.05, 0.1) is 0 Å². The Morgan fingerprint density at radius 3 is 2.70 bits per heavy atom. The molecule has 0 bridgehead atoms. The number of amides is 1. The van der Waals surface area contributed by atoms with Crippen molar-refractivity contribution >= 4 is 11.6 Å². The second-order valence-corrected chi connectivity index (χ2v) is 6.15. The third-order valence-corrected chi connectivity index (χ3v) is 4.30. The summed E-state index contributed by atoms with van der Waals surface area (Å²) in [4.78, 5) is 16.8. The van der Waals surface area contributed by atoms with Gasteiger partial charge in [0.25, 0.3) is 5.91 Å². The van der Waals surface area contributed by atoms with E-state index in [0.717, 1.165) is 44.7 Å². The van der Waals surface area contributed by atoms with Gasteiger partial charge in [0.15, 0.2) is 0 Å². The van der Waals surface area contributed by atoms with Crippen LogP contribution >= 0.6 is 0 Å². The second-order valence-electron chi connectivity index (χ2n) is 6.15. The number of carbonyl (C=O) groups is 1. The highest BCUT2D eigenvalue weighted by atomic mass is 16.2. The first-order chi connectivity index (χ1) is 11.2. The van der Waals surface area contributed by atoms with Gasteiger partial charge < -0.3 is 9.80 Å². The number of nitrogens with zero attached hydrogens (tertiary/aromatic N) is 3. The normalized spacial score (nSPS) is 15.0. The van der Waals surface area contributed by atoms with E-state index in [1.165, 1.54) is 11.3 Å². The molecule has 5 nitrogen and oxygen atoms in total. The summed E-state index contributed by atoms with van der Waals surface area (Å²) in [6, 6.07) is 10.4. The van der Waals surface area contributed by atoms with E-state index in [2.05, 4.69) is 53.2 Å².